The van der Waals surface area contributed by atoms with Crippen LogP contribution in [0, 0.1) is 0 Å². The van der Waals surface area contributed by atoms with Gasteiger partial charge in [0, 0.05) is 0 Å². The molecule has 1 amide bonds. The van der Waals surface area contributed by atoms with E-state index in [1.165, 1.54) is 0 Å². The number of hydrogen-bond acceptors (Lipinski definition) is 4. The first kappa shape index (κ1) is 14.8. The first-order chi connectivity index (χ1) is 9.39. The normalized spacial score (nSPS) is 24.2. The second kappa shape index (κ2) is 5.83. The molecule has 0 radical (unpaired) electrons. The highest BCUT2D eigenvalue weighted by Crippen LogP contribution is 2.22. The molecule has 0 unspecified atom stereocenters. The Morgan fingerprint density at radius 3 is 2.65 bits per heavy atom. The lowest BCUT2D eigenvalue weighted by Gasteiger charge is -2.23. The minimum atomic E-state index is -3.01. The molecule has 1 aromatic rings. The van der Waals surface area contributed by atoms with Gasteiger partial charge < -0.3 is 10.1 Å². The molecule has 110 valence electrons. The molecule has 1 heterocycles. The van der Waals surface area contributed by atoms with E-state index in [4.69, 9.17) is 4.74 Å². The SMILES string of the molecule is C[C@]1(NC(=O)CCOc2ccccc2)CCS(=O)(=O)C1. The summed E-state index contributed by atoms with van der Waals surface area (Å²) in [6.07, 6.45) is 0.686. The summed E-state index contributed by atoms with van der Waals surface area (Å²) >= 11 is 0. The molecule has 20 heavy (non-hydrogen) atoms. The molecule has 5 nitrogen and oxygen atoms in total. The van der Waals surface area contributed by atoms with Crippen molar-refractivity contribution in [2.45, 2.75) is 25.3 Å². The maximum atomic E-state index is 11.8. The van der Waals surface area contributed by atoms with Gasteiger partial charge in [-0.3, -0.25) is 4.79 Å². The Balaban J connectivity index is 1.76. The van der Waals surface area contributed by atoms with Gasteiger partial charge in [0.1, 0.15) is 5.75 Å². The van der Waals surface area contributed by atoms with E-state index in [-0.39, 0.29) is 30.4 Å². The summed E-state index contributed by atoms with van der Waals surface area (Å²) in [5.74, 6) is 0.700. The molecule has 0 spiro atoms. The number of ether oxygens (including phenoxy) is 1. The van der Waals surface area contributed by atoms with Gasteiger partial charge in [-0.25, -0.2) is 8.42 Å². The molecule has 1 saturated heterocycles. The Kier molecular flexibility index (Phi) is 4.32. The van der Waals surface area contributed by atoms with Crippen LogP contribution in [0.25, 0.3) is 0 Å². The largest absolute Gasteiger partial charge is 0.493 e. The number of sulfone groups is 1. The van der Waals surface area contributed by atoms with Crippen molar-refractivity contribution in [3.63, 3.8) is 0 Å². The van der Waals surface area contributed by atoms with E-state index in [1.807, 2.05) is 30.3 Å². The molecule has 1 aromatic carbocycles. The predicted octanol–water partition coefficient (Wildman–Crippen LogP) is 1.15. The van der Waals surface area contributed by atoms with Gasteiger partial charge in [-0.05, 0) is 25.5 Å². The lowest BCUT2D eigenvalue weighted by molar-refractivity contribution is -0.123. The number of carbonyl (C=O) groups excluding carboxylic acids is 1. The highest BCUT2D eigenvalue weighted by molar-refractivity contribution is 7.91. The Morgan fingerprint density at radius 2 is 2.05 bits per heavy atom. The smallest absolute Gasteiger partial charge is 0.223 e. The molecule has 1 N–H and O–H groups in total. The van der Waals surface area contributed by atoms with Crippen LogP contribution in [0.4, 0.5) is 0 Å². The lowest BCUT2D eigenvalue weighted by Crippen LogP contribution is -2.47. The lowest BCUT2D eigenvalue weighted by atomic mass is 10.0. The fourth-order valence-electron chi connectivity index (χ4n) is 2.29. The van der Waals surface area contributed by atoms with E-state index in [0.29, 0.717) is 6.42 Å². The molecule has 1 aliphatic rings. The quantitative estimate of drug-likeness (QED) is 0.885. The van der Waals surface area contributed by atoms with Crippen molar-refractivity contribution >= 4 is 15.7 Å². The van der Waals surface area contributed by atoms with Crippen molar-refractivity contribution in [3.8, 4) is 5.75 Å². The van der Waals surface area contributed by atoms with Crippen molar-refractivity contribution < 1.29 is 17.9 Å². The van der Waals surface area contributed by atoms with E-state index >= 15 is 0 Å². The number of nitrogens with one attached hydrogen (secondary N) is 1. The first-order valence-electron chi connectivity index (χ1n) is 6.58. The highest BCUT2D eigenvalue weighted by Gasteiger charge is 2.39. The fourth-order valence-corrected chi connectivity index (χ4v) is 4.38. The summed E-state index contributed by atoms with van der Waals surface area (Å²) in [5.41, 5.74) is -0.636. The van der Waals surface area contributed by atoms with Crippen molar-refractivity contribution in [1.82, 2.24) is 5.32 Å². The van der Waals surface area contributed by atoms with E-state index in [9.17, 15) is 13.2 Å². The topological polar surface area (TPSA) is 72.5 Å². The van der Waals surface area contributed by atoms with Crippen LogP contribution in [-0.2, 0) is 14.6 Å². The number of para-hydroxylation sites is 1. The number of hydrogen-bond donors (Lipinski definition) is 1. The maximum absolute atomic E-state index is 11.8. The summed E-state index contributed by atoms with van der Waals surface area (Å²) in [6.45, 7) is 2.05. The third kappa shape index (κ3) is 4.23. The van der Waals surface area contributed by atoms with Gasteiger partial charge in [-0.2, -0.15) is 0 Å². The van der Waals surface area contributed by atoms with Gasteiger partial charge in [0.15, 0.2) is 9.84 Å². The standard InChI is InChI=1S/C14H19NO4S/c1-14(8-10-20(17,18)11-14)15-13(16)7-9-19-12-5-3-2-4-6-12/h2-6H,7-11H2,1H3,(H,15,16)/t14-/m0/s1. The Bertz CT molecular complexity index is 570. The van der Waals surface area contributed by atoms with E-state index in [2.05, 4.69) is 5.32 Å². The Morgan fingerprint density at radius 1 is 1.35 bits per heavy atom. The number of benzene rings is 1. The van der Waals surface area contributed by atoms with Crippen LogP contribution in [0.1, 0.15) is 19.8 Å². The molecular weight excluding hydrogens is 278 g/mol. The molecule has 6 heteroatoms. The third-order valence-corrected chi connectivity index (χ3v) is 5.19. The van der Waals surface area contributed by atoms with Crippen LogP contribution in [0.15, 0.2) is 30.3 Å². The molecule has 0 saturated carbocycles. The molecule has 1 fully saturated rings. The number of carbonyl (C=O) groups is 1. The second-order valence-electron chi connectivity index (χ2n) is 5.36. The zero-order valence-electron chi connectivity index (χ0n) is 11.5. The van der Waals surface area contributed by atoms with Crippen LogP contribution in [-0.4, -0.2) is 38.0 Å². The number of amides is 1. The van der Waals surface area contributed by atoms with Gasteiger partial charge >= 0.3 is 0 Å². The van der Waals surface area contributed by atoms with Crippen LogP contribution < -0.4 is 10.1 Å². The van der Waals surface area contributed by atoms with E-state index in [1.54, 1.807) is 6.92 Å². The predicted molar refractivity (Wildman–Crippen MR) is 76.4 cm³/mol. The minimum absolute atomic E-state index is 0.0191. The van der Waals surface area contributed by atoms with Crippen molar-refractivity contribution in [2.75, 3.05) is 18.1 Å². The van der Waals surface area contributed by atoms with Crippen LogP contribution >= 0.6 is 0 Å². The van der Waals surface area contributed by atoms with Crippen LogP contribution in [0.2, 0.25) is 0 Å². The van der Waals surface area contributed by atoms with Crippen molar-refractivity contribution in [1.29, 1.82) is 0 Å². The van der Waals surface area contributed by atoms with Crippen molar-refractivity contribution in [3.05, 3.63) is 30.3 Å². The maximum Gasteiger partial charge on any atom is 0.223 e. The van der Waals surface area contributed by atoms with Crippen LogP contribution in [0.3, 0.4) is 0 Å². The summed E-state index contributed by atoms with van der Waals surface area (Å²) in [7, 11) is -3.01. The Hall–Kier alpha value is -1.56. The van der Waals surface area contributed by atoms with E-state index < -0.39 is 15.4 Å². The summed E-state index contributed by atoms with van der Waals surface area (Å²) < 4.78 is 28.3. The Labute approximate surface area is 119 Å². The summed E-state index contributed by atoms with van der Waals surface area (Å²) in [5, 5.41) is 2.80. The first-order valence-corrected chi connectivity index (χ1v) is 8.40. The summed E-state index contributed by atoms with van der Waals surface area (Å²) in [4.78, 5) is 11.8. The highest BCUT2D eigenvalue weighted by atomic mass is 32.2. The third-order valence-electron chi connectivity index (χ3n) is 3.29. The van der Waals surface area contributed by atoms with Crippen LogP contribution in [0.5, 0.6) is 5.75 Å². The van der Waals surface area contributed by atoms with Gasteiger partial charge in [-0.15, -0.1) is 0 Å². The second-order valence-corrected chi connectivity index (χ2v) is 7.55. The zero-order valence-corrected chi connectivity index (χ0v) is 12.3. The van der Waals surface area contributed by atoms with Gasteiger partial charge in [0.25, 0.3) is 0 Å². The fraction of sp³-hybridized carbons (Fsp3) is 0.500. The minimum Gasteiger partial charge on any atom is -0.493 e. The van der Waals surface area contributed by atoms with Gasteiger partial charge in [0.05, 0.1) is 30.1 Å². The average Bonchev–Trinajstić information content (AvgIpc) is 2.64. The molecule has 0 aromatic heterocycles. The molecule has 2 rings (SSSR count). The molecule has 0 aliphatic carbocycles. The average molecular weight is 297 g/mol. The van der Waals surface area contributed by atoms with Gasteiger partial charge in [-0.1, -0.05) is 18.2 Å². The molecule has 1 atom stereocenters. The molecule has 0 bridgehead atoms. The van der Waals surface area contributed by atoms with Gasteiger partial charge in [0.2, 0.25) is 5.91 Å². The van der Waals surface area contributed by atoms with E-state index in [0.717, 1.165) is 5.75 Å². The summed E-state index contributed by atoms with van der Waals surface area (Å²) in [6, 6.07) is 9.26. The molecule has 1 aliphatic heterocycles. The van der Waals surface area contributed by atoms with Crippen molar-refractivity contribution in [2.24, 2.45) is 0 Å². The number of rotatable bonds is 5. The monoisotopic (exact) mass is 297 g/mol. The molecular formula is C14H19NO4S. The zero-order chi connectivity index (χ0) is 14.6.